The normalized spacial score (nSPS) is 19.3. The van der Waals surface area contributed by atoms with Crippen LogP contribution in [0.5, 0.6) is 5.75 Å². The monoisotopic (exact) mass is 351 g/mol. The maximum atomic E-state index is 12.1. The number of methoxy groups -OCH3 is 1. The highest BCUT2D eigenvalue weighted by molar-refractivity contribution is 7.89. The Morgan fingerprint density at radius 2 is 2.21 bits per heavy atom. The van der Waals surface area contributed by atoms with Gasteiger partial charge in [-0.1, -0.05) is 6.07 Å². The van der Waals surface area contributed by atoms with Crippen LogP contribution in [0.25, 0.3) is 11.5 Å². The summed E-state index contributed by atoms with van der Waals surface area (Å²) in [7, 11) is -1.59. The first-order valence-corrected chi connectivity index (χ1v) is 9.60. The Morgan fingerprint density at radius 3 is 2.96 bits per heavy atom. The minimum atomic E-state index is -3.19. The molecule has 1 aliphatic rings. The lowest BCUT2D eigenvalue weighted by molar-refractivity contribution is 0.286. The third-order valence-corrected chi connectivity index (χ3v) is 6.10. The van der Waals surface area contributed by atoms with Crippen LogP contribution in [0.15, 0.2) is 28.7 Å². The molecule has 2 heterocycles. The fourth-order valence-electron chi connectivity index (χ4n) is 2.85. The molecule has 0 N–H and O–H groups in total. The molecule has 0 aliphatic carbocycles. The van der Waals surface area contributed by atoms with Gasteiger partial charge >= 0.3 is 0 Å². The van der Waals surface area contributed by atoms with E-state index in [-0.39, 0.29) is 11.7 Å². The van der Waals surface area contributed by atoms with E-state index in [0.29, 0.717) is 30.6 Å². The van der Waals surface area contributed by atoms with Gasteiger partial charge in [-0.15, -0.1) is 10.2 Å². The van der Waals surface area contributed by atoms with Crippen molar-refractivity contribution < 1.29 is 17.6 Å². The molecule has 0 spiro atoms. The van der Waals surface area contributed by atoms with Crippen molar-refractivity contribution in [1.82, 2.24) is 14.5 Å². The van der Waals surface area contributed by atoms with Crippen LogP contribution in [-0.2, 0) is 10.0 Å². The van der Waals surface area contributed by atoms with Crippen LogP contribution in [0.3, 0.4) is 0 Å². The van der Waals surface area contributed by atoms with Crippen molar-refractivity contribution in [2.45, 2.75) is 25.7 Å². The van der Waals surface area contributed by atoms with Crippen molar-refractivity contribution in [2.24, 2.45) is 0 Å². The molecule has 7 nitrogen and oxygen atoms in total. The Labute approximate surface area is 141 Å². The van der Waals surface area contributed by atoms with E-state index in [1.165, 1.54) is 4.31 Å². The molecule has 0 saturated carbocycles. The third-order valence-electron chi connectivity index (χ3n) is 4.25. The van der Waals surface area contributed by atoms with Crippen LogP contribution in [0.2, 0.25) is 0 Å². The quantitative estimate of drug-likeness (QED) is 0.821. The molecule has 8 heteroatoms. The van der Waals surface area contributed by atoms with Crippen molar-refractivity contribution in [1.29, 1.82) is 0 Å². The predicted molar refractivity (Wildman–Crippen MR) is 89.3 cm³/mol. The van der Waals surface area contributed by atoms with Crippen molar-refractivity contribution >= 4 is 10.0 Å². The zero-order valence-corrected chi connectivity index (χ0v) is 14.6. The van der Waals surface area contributed by atoms with Gasteiger partial charge in [0.1, 0.15) is 5.75 Å². The van der Waals surface area contributed by atoms with Crippen molar-refractivity contribution in [3.8, 4) is 17.2 Å². The second kappa shape index (κ2) is 6.90. The van der Waals surface area contributed by atoms with Crippen molar-refractivity contribution in [2.75, 3.05) is 26.0 Å². The van der Waals surface area contributed by atoms with Crippen LogP contribution in [0, 0.1) is 0 Å². The summed E-state index contributed by atoms with van der Waals surface area (Å²) in [5, 5.41) is 8.24. The van der Waals surface area contributed by atoms with Gasteiger partial charge in [0.15, 0.2) is 0 Å². The van der Waals surface area contributed by atoms with Crippen molar-refractivity contribution in [3.05, 3.63) is 30.2 Å². The third kappa shape index (κ3) is 3.44. The molecule has 1 fully saturated rings. The van der Waals surface area contributed by atoms with Gasteiger partial charge in [-0.05, 0) is 38.0 Å². The SMILES string of the molecule is CCS(=O)(=O)N1CCC[C@H](c2nnc(-c3cccc(OC)c3)o2)C1. The smallest absolute Gasteiger partial charge is 0.247 e. The largest absolute Gasteiger partial charge is 0.497 e. The number of aromatic nitrogens is 2. The molecule has 130 valence electrons. The number of benzene rings is 1. The topological polar surface area (TPSA) is 85.5 Å². The minimum absolute atomic E-state index is 0.0630. The van der Waals surface area contributed by atoms with Crippen LogP contribution in [0.4, 0.5) is 0 Å². The summed E-state index contributed by atoms with van der Waals surface area (Å²) in [5.41, 5.74) is 0.780. The highest BCUT2D eigenvalue weighted by Gasteiger charge is 2.31. The molecule has 3 rings (SSSR count). The number of hydrogen-bond acceptors (Lipinski definition) is 6. The molecule has 0 bridgehead atoms. The molecule has 1 aromatic heterocycles. The van der Waals surface area contributed by atoms with Gasteiger partial charge in [0.2, 0.25) is 21.8 Å². The number of ether oxygens (including phenoxy) is 1. The molecular formula is C16H21N3O4S. The van der Waals surface area contributed by atoms with E-state index in [9.17, 15) is 8.42 Å². The van der Waals surface area contributed by atoms with E-state index in [0.717, 1.165) is 18.4 Å². The molecular weight excluding hydrogens is 330 g/mol. The molecule has 0 radical (unpaired) electrons. The summed E-state index contributed by atoms with van der Waals surface area (Å²) in [5.74, 6) is 1.67. The molecule has 1 saturated heterocycles. The first kappa shape index (κ1) is 16.9. The number of nitrogens with zero attached hydrogens (tertiary/aromatic N) is 3. The summed E-state index contributed by atoms with van der Waals surface area (Å²) in [6, 6.07) is 7.39. The lowest BCUT2D eigenvalue weighted by Gasteiger charge is -2.29. The lowest BCUT2D eigenvalue weighted by Crippen LogP contribution is -2.39. The zero-order chi connectivity index (χ0) is 17.2. The molecule has 0 unspecified atom stereocenters. The Morgan fingerprint density at radius 1 is 1.38 bits per heavy atom. The first-order valence-electron chi connectivity index (χ1n) is 7.99. The summed E-state index contributed by atoms with van der Waals surface area (Å²) < 4.78 is 36.7. The predicted octanol–water partition coefficient (Wildman–Crippen LogP) is 2.27. The summed E-state index contributed by atoms with van der Waals surface area (Å²) in [6.07, 6.45) is 1.64. The van der Waals surface area contributed by atoms with E-state index in [4.69, 9.17) is 9.15 Å². The van der Waals surface area contributed by atoms with Gasteiger partial charge in [-0.25, -0.2) is 12.7 Å². The molecule has 1 aromatic carbocycles. The standard InChI is InChI=1S/C16H21N3O4S/c1-3-24(20,21)19-9-5-7-13(11-19)16-18-17-15(23-16)12-6-4-8-14(10-12)22-2/h4,6,8,10,13H,3,5,7,9,11H2,1-2H3/t13-/m0/s1. The van der Waals surface area contributed by atoms with Gasteiger partial charge in [-0.2, -0.15) is 0 Å². The molecule has 24 heavy (non-hydrogen) atoms. The average molecular weight is 351 g/mol. The summed E-state index contributed by atoms with van der Waals surface area (Å²) >= 11 is 0. The number of hydrogen-bond donors (Lipinski definition) is 0. The van der Waals surface area contributed by atoms with Gasteiger partial charge < -0.3 is 9.15 Å². The fourth-order valence-corrected chi connectivity index (χ4v) is 4.03. The lowest BCUT2D eigenvalue weighted by atomic mass is 10.00. The van der Waals surface area contributed by atoms with E-state index >= 15 is 0 Å². The second-order valence-corrected chi connectivity index (χ2v) is 8.03. The Bertz CT molecular complexity index is 803. The fraction of sp³-hybridized carbons (Fsp3) is 0.500. The van der Waals surface area contributed by atoms with E-state index < -0.39 is 10.0 Å². The number of piperidine rings is 1. The molecule has 1 atom stereocenters. The van der Waals surface area contributed by atoms with Crippen LogP contribution < -0.4 is 4.74 Å². The average Bonchev–Trinajstić information content (AvgIpc) is 3.12. The van der Waals surface area contributed by atoms with E-state index in [1.807, 2.05) is 24.3 Å². The van der Waals surface area contributed by atoms with Gasteiger partial charge in [0, 0.05) is 18.7 Å². The Balaban J connectivity index is 1.80. The number of sulfonamides is 1. The Kier molecular flexibility index (Phi) is 4.86. The molecule has 2 aromatic rings. The van der Waals surface area contributed by atoms with E-state index in [2.05, 4.69) is 10.2 Å². The van der Waals surface area contributed by atoms with Gasteiger partial charge in [0.05, 0.1) is 18.8 Å². The zero-order valence-electron chi connectivity index (χ0n) is 13.8. The molecule has 1 aliphatic heterocycles. The summed E-state index contributed by atoms with van der Waals surface area (Å²) in [4.78, 5) is 0. The maximum Gasteiger partial charge on any atom is 0.247 e. The summed E-state index contributed by atoms with van der Waals surface area (Å²) in [6.45, 7) is 2.62. The highest BCUT2D eigenvalue weighted by atomic mass is 32.2. The Hall–Kier alpha value is -1.93. The van der Waals surface area contributed by atoms with Gasteiger partial charge in [0.25, 0.3) is 0 Å². The first-order chi connectivity index (χ1) is 11.5. The van der Waals surface area contributed by atoms with Gasteiger partial charge in [-0.3, -0.25) is 0 Å². The maximum absolute atomic E-state index is 12.1. The number of rotatable bonds is 5. The van der Waals surface area contributed by atoms with Crippen LogP contribution in [0.1, 0.15) is 31.6 Å². The minimum Gasteiger partial charge on any atom is -0.497 e. The van der Waals surface area contributed by atoms with Crippen LogP contribution >= 0.6 is 0 Å². The van der Waals surface area contributed by atoms with Crippen LogP contribution in [-0.4, -0.2) is 48.9 Å². The highest BCUT2D eigenvalue weighted by Crippen LogP contribution is 2.30. The van der Waals surface area contributed by atoms with Crippen molar-refractivity contribution in [3.63, 3.8) is 0 Å². The van der Waals surface area contributed by atoms with E-state index in [1.54, 1.807) is 14.0 Å². The molecule has 0 amide bonds. The second-order valence-electron chi connectivity index (χ2n) is 5.78.